The number of aromatic nitrogens is 3. The number of nitrogens with zero attached hydrogens (tertiary/aromatic N) is 4. The molecule has 18 heavy (non-hydrogen) atoms. The number of hydrogen-bond donors (Lipinski definition) is 0. The molecular weight excluding hydrogens is 224 g/mol. The summed E-state index contributed by atoms with van der Waals surface area (Å²) in [7, 11) is 0. The summed E-state index contributed by atoms with van der Waals surface area (Å²) in [6.07, 6.45) is 14.6. The van der Waals surface area contributed by atoms with Crippen LogP contribution in [0.15, 0.2) is 24.8 Å². The van der Waals surface area contributed by atoms with Crippen LogP contribution in [0.4, 0.5) is 0 Å². The van der Waals surface area contributed by atoms with Gasteiger partial charge in [-0.05, 0) is 44.6 Å². The summed E-state index contributed by atoms with van der Waals surface area (Å²) in [5, 5.41) is 4.29. The Morgan fingerprint density at radius 2 is 2.22 bits per heavy atom. The molecule has 1 aliphatic heterocycles. The minimum Gasteiger partial charge on any atom is -0.301 e. The summed E-state index contributed by atoms with van der Waals surface area (Å²) >= 11 is 0. The van der Waals surface area contributed by atoms with Gasteiger partial charge in [0, 0.05) is 13.1 Å². The Hall–Kier alpha value is -1.16. The van der Waals surface area contributed by atoms with Crippen molar-refractivity contribution in [3.63, 3.8) is 0 Å². The van der Waals surface area contributed by atoms with Crippen molar-refractivity contribution in [1.82, 2.24) is 19.7 Å². The van der Waals surface area contributed by atoms with Crippen LogP contribution in [0, 0.1) is 5.92 Å². The number of allylic oxidation sites excluding steroid dienone is 2. The molecule has 2 atom stereocenters. The van der Waals surface area contributed by atoms with Crippen LogP contribution < -0.4 is 0 Å². The second-order valence-electron chi connectivity index (χ2n) is 5.58. The molecule has 0 aromatic carbocycles. The van der Waals surface area contributed by atoms with Gasteiger partial charge >= 0.3 is 0 Å². The Morgan fingerprint density at radius 1 is 1.22 bits per heavy atom. The van der Waals surface area contributed by atoms with Crippen LogP contribution in [-0.4, -0.2) is 39.3 Å². The van der Waals surface area contributed by atoms with Crippen LogP contribution in [0.5, 0.6) is 0 Å². The molecule has 1 fully saturated rings. The molecule has 0 saturated carbocycles. The van der Waals surface area contributed by atoms with Gasteiger partial charge in [0.05, 0.1) is 6.04 Å². The molecule has 2 heterocycles. The normalized spacial score (nSPS) is 29.6. The lowest BCUT2D eigenvalue weighted by Gasteiger charge is -2.35. The number of rotatable bonds is 3. The first-order chi connectivity index (χ1) is 8.92. The summed E-state index contributed by atoms with van der Waals surface area (Å²) in [5.41, 5.74) is 0. The topological polar surface area (TPSA) is 34.0 Å². The number of hydrogen-bond acceptors (Lipinski definition) is 3. The van der Waals surface area contributed by atoms with E-state index in [0.717, 1.165) is 12.5 Å². The van der Waals surface area contributed by atoms with Crippen molar-refractivity contribution in [1.29, 1.82) is 0 Å². The molecule has 0 amide bonds. The maximum Gasteiger partial charge on any atom is 0.137 e. The highest BCUT2D eigenvalue weighted by Crippen LogP contribution is 2.24. The number of likely N-dealkylation sites (tertiary alicyclic amines) is 1. The van der Waals surface area contributed by atoms with E-state index in [0.29, 0.717) is 6.04 Å². The molecule has 1 aromatic heterocycles. The molecule has 1 aliphatic carbocycles. The summed E-state index contributed by atoms with van der Waals surface area (Å²) in [6, 6.07) is 0.528. The average molecular weight is 246 g/mol. The Kier molecular flexibility index (Phi) is 3.74. The lowest BCUT2D eigenvalue weighted by Crippen LogP contribution is -2.39. The fourth-order valence-electron chi connectivity index (χ4n) is 3.21. The molecule has 3 rings (SSSR count). The summed E-state index contributed by atoms with van der Waals surface area (Å²) in [4.78, 5) is 6.69. The highest BCUT2D eigenvalue weighted by Gasteiger charge is 2.23. The maximum absolute atomic E-state index is 4.29. The van der Waals surface area contributed by atoms with Gasteiger partial charge in [0.2, 0.25) is 0 Å². The summed E-state index contributed by atoms with van der Waals surface area (Å²) in [6.45, 7) is 3.66. The van der Waals surface area contributed by atoms with Gasteiger partial charge in [-0.25, -0.2) is 9.67 Å². The van der Waals surface area contributed by atoms with Crippen molar-refractivity contribution in [2.45, 2.75) is 38.1 Å². The van der Waals surface area contributed by atoms with E-state index in [-0.39, 0.29) is 0 Å². The maximum atomic E-state index is 4.29. The molecule has 2 aliphatic rings. The predicted octanol–water partition coefficient (Wildman–Crippen LogP) is 2.27. The van der Waals surface area contributed by atoms with E-state index in [2.05, 4.69) is 27.1 Å². The van der Waals surface area contributed by atoms with Gasteiger partial charge in [-0.3, -0.25) is 0 Å². The highest BCUT2D eigenvalue weighted by atomic mass is 15.3. The van der Waals surface area contributed by atoms with Crippen LogP contribution in [0.2, 0.25) is 0 Å². The third-order valence-electron chi connectivity index (χ3n) is 4.19. The van der Waals surface area contributed by atoms with Crippen molar-refractivity contribution in [2.24, 2.45) is 5.92 Å². The minimum atomic E-state index is 0.528. The molecule has 1 saturated heterocycles. The van der Waals surface area contributed by atoms with Crippen molar-refractivity contribution in [3.8, 4) is 0 Å². The molecular formula is C14H22N4. The lowest BCUT2D eigenvalue weighted by molar-refractivity contribution is 0.144. The average Bonchev–Trinajstić information content (AvgIpc) is 2.94. The van der Waals surface area contributed by atoms with Crippen molar-refractivity contribution < 1.29 is 0 Å². The third kappa shape index (κ3) is 2.80. The Bertz CT molecular complexity index is 385. The zero-order valence-electron chi connectivity index (χ0n) is 10.9. The predicted molar refractivity (Wildman–Crippen MR) is 71.2 cm³/mol. The van der Waals surface area contributed by atoms with E-state index in [1.807, 2.05) is 11.0 Å². The fourth-order valence-corrected chi connectivity index (χ4v) is 3.21. The van der Waals surface area contributed by atoms with Gasteiger partial charge in [-0.15, -0.1) is 0 Å². The van der Waals surface area contributed by atoms with Crippen molar-refractivity contribution in [2.75, 3.05) is 19.6 Å². The summed E-state index contributed by atoms with van der Waals surface area (Å²) < 4.78 is 2.03. The van der Waals surface area contributed by atoms with Gasteiger partial charge in [-0.2, -0.15) is 5.10 Å². The molecule has 0 unspecified atom stereocenters. The van der Waals surface area contributed by atoms with Crippen LogP contribution in [0.1, 0.15) is 38.1 Å². The lowest BCUT2D eigenvalue weighted by atomic mass is 9.93. The second-order valence-corrected chi connectivity index (χ2v) is 5.58. The standard InChI is InChI=1S/C14H22N4/c1-2-5-13(6-3-1)9-17-8-4-7-14(10-17)18-12-15-11-16-18/h1-2,11-14H,3-10H2/t13-,14-/m0/s1. The first-order valence-corrected chi connectivity index (χ1v) is 7.13. The smallest absolute Gasteiger partial charge is 0.137 e. The van der Waals surface area contributed by atoms with E-state index in [1.165, 1.54) is 45.2 Å². The van der Waals surface area contributed by atoms with E-state index >= 15 is 0 Å². The molecule has 0 radical (unpaired) electrons. The van der Waals surface area contributed by atoms with E-state index in [1.54, 1.807) is 6.33 Å². The molecule has 0 spiro atoms. The van der Waals surface area contributed by atoms with Crippen molar-refractivity contribution >= 4 is 0 Å². The van der Waals surface area contributed by atoms with Gasteiger partial charge in [0.25, 0.3) is 0 Å². The van der Waals surface area contributed by atoms with Gasteiger partial charge < -0.3 is 4.90 Å². The van der Waals surface area contributed by atoms with Crippen LogP contribution in [0.3, 0.4) is 0 Å². The fraction of sp³-hybridized carbons (Fsp3) is 0.714. The van der Waals surface area contributed by atoms with E-state index in [9.17, 15) is 0 Å². The monoisotopic (exact) mass is 246 g/mol. The zero-order chi connectivity index (χ0) is 12.2. The molecule has 4 heteroatoms. The Morgan fingerprint density at radius 3 is 3.00 bits per heavy atom. The molecule has 1 aromatic rings. The van der Waals surface area contributed by atoms with Crippen LogP contribution in [-0.2, 0) is 0 Å². The highest BCUT2D eigenvalue weighted by molar-refractivity contribution is 4.91. The van der Waals surface area contributed by atoms with Crippen LogP contribution >= 0.6 is 0 Å². The van der Waals surface area contributed by atoms with Gasteiger partial charge in [0.15, 0.2) is 0 Å². The largest absolute Gasteiger partial charge is 0.301 e. The first kappa shape index (κ1) is 11.9. The van der Waals surface area contributed by atoms with Crippen molar-refractivity contribution in [3.05, 3.63) is 24.8 Å². The molecule has 0 N–H and O–H groups in total. The molecule has 98 valence electrons. The SMILES string of the molecule is C1=CC[C@H](CN2CCC[C@H](n3cncn3)C2)CC1. The quantitative estimate of drug-likeness (QED) is 0.767. The first-order valence-electron chi connectivity index (χ1n) is 7.13. The zero-order valence-corrected chi connectivity index (χ0v) is 10.9. The second kappa shape index (κ2) is 5.65. The number of piperidine rings is 1. The summed E-state index contributed by atoms with van der Waals surface area (Å²) in [5.74, 6) is 0.865. The van der Waals surface area contributed by atoms with Gasteiger partial charge in [0.1, 0.15) is 12.7 Å². The molecule has 4 nitrogen and oxygen atoms in total. The van der Waals surface area contributed by atoms with Crippen LogP contribution in [0.25, 0.3) is 0 Å². The van der Waals surface area contributed by atoms with E-state index < -0.39 is 0 Å². The molecule has 0 bridgehead atoms. The third-order valence-corrected chi connectivity index (χ3v) is 4.19. The minimum absolute atomic E-state index is 0.528. The van der Waals surface area contributed by atoms with E-state index in [4.69, 9.17) is 0 Å². The van der Waals surface area contributed by atoms with Gasteiger partial charge in [-0.1, -0.05) is 12.2 Å². The Labute approximate surface area is 109 Å². The Balaban J connectivity index is 1.55.